The second kappa shape index (κ2) is 9.23. The number of carbonyl (C=O) groups is 2. The number of carbonyl (C=O) groups excluding carboxylic acids is 2. The van der Waals surface area contributed by atoms with Crippen molar-refractivity contribution in [2.24, 2.45) is 0 Å². The fourth-order valence-electron chi connectivity index (χ4n) is 3.10. The average molecular weight is 381 g/mol. The van der Waals surface area contributed by atoms with E-state index in [4.69, 9.17) is 0 Å². The van der Waals surface area contributed by atoms with Crippen molar-refractivity contribution in [3.63, 3.8) is 0 Å². The molecule has 0 bridgehead atoms. The first kappa shape index (κ1) is 19.7. The van der Waals surface area contributed by atoms with Crippen molar-refractivity contribution < 1.29 is 9.59 Å². The minimum atomic E-state index is -0.413. The second-order valence-corrected chi connectivity index (χ2v) is 7.01. The number of piperazine rings is 1. The van der Waals surface area contributed by atoms with E-state index in [0.717, 1.165) is 37.4 Å². The summed E-state index contributed by atoms with van der Waals surface area (Å²) < 4.78 is 0. The maximum atomic E-state index is 12.2. The highest BCUT2D eigenvalue weighted by Crippen LogP contribution is 2.23. The summed E-state index contributed by atoms with van der Waals surface area (Å²) in [5, 5.41) is 8.10. The van der Waals surface area contributed by atoms with Crippen LogP contribution in [0.25, 0.3) is 0 Å². The van der Waals surface area contributed by atoms with Crippen LogP contribution in [-0.2, 0) is 4.79 Å². The summed E-state index contributed by atoms with van der Waals surface area (Å²) in [6.45, 7) is 5.98. The molecule has 0 aliphatic carbocycles. The molecule has 1 aliphatic heterocycles. The van der Waals surface area contributed by atoms with Crippen LogP contribution in [0.3, 0.4) is 0 Å². The van der Waals surface area contributed by atoms with Gasteiger partial charge in [-0.25, -0.2) is 4.79 Å². The topological polar surface area (TPSA) is 76.7 Å². The Labute approximate surface area is 165 Å². The number of anilines is 3. The number of likely N-dealkylation sites (N-methyl/N-ethyl adjacent to an activating group) is 1. The lowest BCUT2D eigenvalue weighted by atomic mass is 10.1. The van der Waals surface area contributed by atoms with Crippen LogP contribution < -0.4 is 20.9 Å². The number of urea groups is 1. The Morgan fingerprint density at radius 2 is 1.68 bits per heavy atom. The van der Waals surface area contributed by atoms with Crippen molar-refractivity contribution in [1.82, 2.24) is 10.2 Å². The van der Waals surface area contributed by atoms with Gasteiger partial charge in [-0.1, -0.05) is 18.2 Å². The van der Waals surface area contributed by atoms with E-state index in [1.165, 1.54) is 5.69 Å². The van der Waals surface area contributed by atoms with Gasteiger partial charge >= 0.3 is 6.03 Å². The zero-order valence-corrected chi connectivity index (χ0v) is 16.4. The Hall–Kier alpha value is -3.06. The highest BCUT2D eigenvalue weighted by atomic mass is 16.2. The van der Waals surface area contributed by atoms with E-state index in [-0.39, 0.29) is 12.5 Å². The normalized spacial score (nSPS) is 14.4. The molecule has 2 aromatic carbocycles. The molecular weight excluding hydrogens is 354 g/mol. The van der Waals surface area contributed by atoms with Gasteiger partial charge in [0, 0.05) is 43.2 Å². The molecule has 148 valence electrons. The van der Waals surface area contributed by atoms with Crippen LogP contribution >= 0.6 is 0 Å². The van der Waals surface area contributed by atoms with Gasteiger partial charge in [-0.15, -0.1) is 0 Å². The average Bonchev–Trinajstić information content (AvgIpc) is 2.69. The maximum Gasteiger partial charge on any atom is 0.319 e. The van der Waals surface area contributed by atoms with Crippen LogP contribution in [0.1, 0.15) is 5.56 Å². The van der Waals surface area contributed by atoms with Crippen molar-refractivity contribution in [3.8, 4) is 0 Å². The highest BCUT2D eigenvalue weighted by molar-refractivity contribution is 5.97. The molecule has 0 aromatic heterocycles. The summed E-state index contributed by atoms with van der Waals surface area (Å²) in [5.74, 6) is -0.265. The van der Waals surface area contributed by atoms with E-state index in [9.17, 15) is 9.59 Å². The van der Waals surface area contributed by atoms with Crippen LogP contribution in [0.15, 0.2) is 48.5 Å². The number of hydrogen-bond donors (Lipinski definition) is 3. The van der Waals surface area contributed by atoms with Crippen LogP contribution in [0.2, 0.25) is 0 Å². The van der Waals surface area contributed by atoms with Crippen LogP contribution in [0.5, 0.6) is 0 Å². The first-order valence-corrected chi connectivity index (χ1v) is 9.45. The van der Waals surface area contributed by atoms with Crippen molar-refractivity contribution in [2.75, 3.05) is 55.3 Å². The fraction of sp³-hybridized carbons (Fsp3) is 0.333. The minimum Gasteiger partial charge on any atom is -0.369 e. The van der Waals surface area contributed by atoms with Gasteiger partial charge in [0.2, 0.25) is 5.91 Å². The maximum absolute atomic E-state index is 12.2. The summed E-state index contributed by atoms with van der Waals surface area (Å²) in [4.78, 5) is 28.7. The fourth-order valence-corrected chi connectivity index (χ4v) is 3.10. The molecule has 3 rings (SSSR count). The van der Waals surface area contributed by atoms with Gasteiger partial charge in [0.05, 0.1) is 6.54 Å². The number of benzene rings is 2. The number of nitrogens with one attached hydrogen (secondary N) is 3. The molecular formula is C21H27N5O2. The quantitative estimate of drug-likeness (QED) is 0.744. The minimum absolute atomic E-state index is 0.0989. The molecule has 1 heterocycles. The molecule has 1 saturated heterocycles. The van der Waals surface area contributed by atoms with Gasteiger partial charge in [0.1, 0.15) is 0 Å². The molecule has 0 saturated carbocycles. The lowest BCUT2D eigenvalue weighted by Gasteiger charge is -2.34. The first-order valence-electron chi connectivity index (χ1n) is 9.45. The summed E-state index contributed by atoms with van der Waals surface area (Å²) >= 11 is 0. The summed E-state index contributed by atoms with van der Waals surface area (Å²) in [6.07, 6.45) is 0. The van der Waals surface area contributed by atoms with Crippen LogP contribution in [0.4, 0.5) is 21.9 Å². The molecule has 1 aliphatic rings. The zero-order chi connectivity index (χ0) is 19.9. The SMILES string of the molecule is Cc1cc(N2CCN(C)CC2)ccc1NC(=O)CNC(=O)Nc1ccccc1. The lowest BCUT2D eigenvalue weighted by Crippen LogP contribution is -2.44. The molecule has 28 heavy (non-hydrogen) atoms. The first-order chi connectivity index (χ1) is 13.5. The van der Waals surface area contributed by atoms with Gasteiger partial charge in [-0.3, -0.25) is 4.79 Å². The summed E-state index contributed by atoms with van der Waals surface area (Å²) in [5.41, 5.74) is 3.60. The predicted octanol–water partition coefficient (Wildman–Crippen LogP) is 2.51. The van der Waals surface area contributed by atoms with Crippen molar-refractivity contribution >= 4 is 29.0 Å². The monoisotopic (exact) mass is 381 g/mol. The summed E-state index contributed by atoms with van der Waals surface area (Å²) in [7, 11) is 2.13. The number of rotatable bonds is 5. The van der Waals surface area contributed by atoms with E-state index in [0.29, 0.717) is 5.69 Å². The molecule has 1 fully saturated rings. The molecule has 3 N–H and O–H groups in total. The Bertz CT molecular complexity index is 817. The Balaban J connectivity index is 1.49. The van der Waals surface area contributed by atoms with Gasteiger partial charge in [0.15, 0.2) is 0 Å². The third-order valence-corrected chi connectivity index (χ3v) is 4.79. The predicted molar refractivity (Wildman–Crippen MR) is 113 cm³/mol. The van der Waals surface area contributed by atoms with Crippen molar-refractivity contribution in [1.29, 1.82) is 0 Å². The van der Waals surface area contributed by atoms with Gasteiger partial charge in [0.25, 0.3) is 0 Å². The standard InChI is InChI=1S/C21H27N5O2/c1-16-14-18(26-12-10-25(2)11-13-26)8-9-19(16)24-20(27)15-22-21(28)23-17-6-4-3-5-7-17/h3-9,14H,10-13,15H2,1-2H3,(H,24,27)(H2,22,23,28). The molecule has 0 unspecified atom stereocenters. The highest BCUT2D eigenvalue weighted by Gasteiger charge is 2.15. The van der Waals surface area contributed by atoms with E-state index in [1.54, 1.807) is 12.1 Å². The lowest BCUT2D eigenvalue weighted by molar-refractivity contribution is -0.115. The van der Waals surface area contributed by atoms with Gasteiger partial charge < -0.3 is 25.8 Å². The number of nitrogens with zero attached hydrogens (tertiary/aromatic N) is 2. The van der Waals surface area contributed by atoms with E-state index in [1.807, 2.05) is 37.3 Å². The van der Waals surface area contributed by atoms with E-state index >= 15 is 0 Å². The summed E-state index contributed by atoms with van der Waals surface area (Å²) in [6, 6.07) is 14.7. The number of para-hydroxylation sites is 1. The number of amides is 3. The Morgan fingerprint density at radius 1 is 0.964 bits per heavy atom. The Morgan fingerprint density at radius 3 is 2.36 bits per heavy atom. The number of hydrogen-bond acceptors (Lipinski definition) is 4. The molecule has 0 atom stereocenters. The van der Waals surface area contributed by atoms with Gasteiger partial charge in [-0.2, -0.15) is 0 Å². The smallest absolute Gasteiger partial charge is 0.319 e. The molecule has 2 aromatic rings. The van der Waals surface area contributed by atoms with Crippen LogP contribution in [0, 0.1) is 6.92 Å². The zero-order valence-electron chi connectivity index (χ0n) is 16.4. The molecule has 7 heteroatoms. The molecule has 0 radical (unpaired) electrons. The molecule has 0 spiro atoms. The third-order valence-electron chi connectivity index (χ3n) is 4.79. The van der Waals surface area contributed by atoms with E-state index < -0.39 is 6.03 Å². The number of aryl methyl sites for hydroxylation is 1. The second-order valence-electron chi connectivity index (χ2n) is 7.01. The molecule has 7 nitrogen and oxygen atoms in total. The largest absolute Gasteiger partial charge is 0.369 e. The van der Waals surface area contributed by atoms with Crippen molar-refractivity contribution in [2.45, 2.75) is 6.92 Å². The Kier molecular flexibility index (Phi) is 6.49. The van der Waals surface area contributed by atoms with Crippen LogP contribution in [-0.4, -0.2) is 56.6 Å². The van der Waals surface area contributed by atoms with E-state index in [2.05, 4.69) is 38.9 Å². The molecule has 3 amide bonds. The van der Waals surface area contributed by atoms with Gasteiger partial charge in [-0.05, 0) is 49.9 Å². The van der Waals surface area contributed by atoms with Crippen molar-refractivity contribution in [3.05, 3.63) is 54.1 Å². The third kappa shape index (κ3) is 5.47.